The average molecular weight is 310 g/mol. The fourth-order valence-corrected chi connectivity index (χ4v) is 3.88. The van der Waals surface area contributed by atoms with Gasteiger partial charge in [-0.2, -0.15) is 16.9 Å². The fourth-order valence-electron chi connectivity index (χ4n) is 2.59. The van der Waals surface area contributed by atoms with Crippen molar-refractivity contribution >= 4 is 34.8 Å². The van der Waals surface area contributed by atoms with E-state index < -0.39 is 0 Å². The van der Waals surface area contributed by atoms with E-state index in [-0.39, 0.29) is 0 Å². The van der Waals surface area contributed by atoms with Crippen LogP contribution in [0.4, 0.5) is 5.82 Å². The number of nitrogens with zero attached hydrogens (tertiary/aromatic N) is 2. The molecule has 1 aromatic rings. The minimum atomic E-state index is 0.414. The summed E-state index contributed by atoms with van der Waals surface area (Å²) in [5, 5.41) is 12.2. The zero-order chi connectivity index (χ0) is 14.5. The molecule has 6 heteroatoms. The average Bonchev–Trinajstić information content (AvgIpc) is 2.47. The van der Waals surface area contributed by atoms with Gasteiger partial charge in [0.25, 0.3) is 0 Å². The van der Waals surface area contributed by atoms with Crippen molar-refractivity contribution in [2.75, 3.05) is 16.8 Å². The maximum atomic E-state index is 5.94. The molecule has 0 spiro atoms. The molecule has 1 aliphatic rings. The molecule has 0 radical (unpaired) electrons. The minimum Gasteiger partial charge on any atom is -0.389 e. The molecule has 110 valence electrons. The number of aromatic nitrogens is 2. The van der Waals surface area contributed by atoms with Crippen LogP contribution in [0, 0.1) is 0 Å². The standard InChI is InChI=1S/C14H22N4S2/c1-3-10-11(4-2)17-18-14(12(10)13(15)19)16-9-6-5-7-20-8-9/h9H,3-8H2,1-2H3,(H2,15,19)(H,16,18). The van der Waals surface area contributed by atoms with E-state index in [4.69, 9.17) is 18.0 Å². The van der Waals surface area contributed by atoms with Crippen molar-refractivity contribution in [2.45, 2.75) is 45.6 Å². The molecule has 0 aliphatic carbocycles. The van der Waals surface area contributed by atoms with Crippen LogP contribution in [0.5, 0.6) is 0 Å². The molecule has 1 atom stereocenters. The smallest absolute Gasteiger partial charge is 0.159 e. The van der Waals surface area contributed by atoms with E-state index in [0.29, 0.717) is 11.0 Å². The van der Waals surface area contributed by atoms with Crippen molar-refractivity contribution in [2.24, 2.45) is 5.73 Å². The SMILES string of the molecule is CCc1nnc(NC2CCCSC2)c(C(N)=S)c1CC. The van der Waals surface area contributed by atoms with Crippen LogP contribution in [0.2, 0.25) is 0 Å². The van der Waals surface area contributed by atoms with E-state index in [1.54, 1.807) is 0 Å². The molecular formula is C14H22N4S2. The number of anilines is 1. The normalized spacial score (nSPS) is 18.8. The molecule has 20 heavy (non-hydrogen) atoms. The Morgan fingerprint density at radius 3 is 2.75 bits per heavy atom. The number of hydrogen-bond acceptors (Lipinski definition) is 5. The summed E-state index contributed by atoms with van der Waals surface area (Å²) in [5.41, 5.74) is 8.97. The van der Waals surface area contributed by atoms with Gasteiger partial charge >= 0.3 is 0 Å². The zero-order valence-corrected chi connectivity index (χ0v) is 13.7. The summed E-state index contributed by atoms with van der Waals surface area (Å²) in [6.07, 6.45) is 4.14. The zero-order valence-electron chi connectivity index (χ0n) is 12.1. The van der Waals surface area contributed by atoms with Gasteiger partial charge in [0, 0.05) is 11.8 Å². The Balaban J connectivity index is 2.33. The highest BCUT2D eigenvalue weighted by Gasteiger charge is 2.20. The van der Waals surface area contributed by atoms with Crippen LogP contribution < -0.4 is 11.1 Å². The Hall–Kier alpha value is -0.880. The molecule has 0 saturated carbocycles. The Morgan fingerprint density at radius 1 is 1.40 bits per heavy atom. The quantitative estimate of drug-likeness (QED) is 0.815. The molecule has 4 nitrogen and oxygen atoms in total. The summed E-state index contributed by atoms with van der Waals surface area (Å²) in [4.78, 5) is 0.414. The maximum Gasteiger partial charge on any atom is 0.159 e. The lowest BCUT2D eigenvalue weighted by Gasteiger charge is -2.24. The predicted octanol–water partition coefficient (Wildman–Crippen LogP) is 2.54. The fraction of sp³-hybridized carbons (Fsp3) is 0.643. The third-order valence-electron chi connectivity index (χ3n) is 3.59. The molecule has 0 aromatic carbocycles. The van der Waals surface area contributed by atoms with Gasteiger partial charge < -0.3 is 11.1 Å². The van der Waals surface area contributed by atoms with E-state index >= 15 is 0 Å². The number of thioether (sulfide) groups is 1. The number of nitrogens with two attached hydrogens (primary N) is 1. The van der Waals surface area contributed by atoms with Gasteiger partial charge in [0.15, 0.2) is 5.82 Å². The number of nitrogens with one attached hydrogen (secondary N) is 1. The van der Waals surface area contributed by atoms with E-state index in [1.165, 1.54) is 18.6 Å². The van der Waals surface area contributed by atoms with Crippen LogP contribution in [0.3, 0.4) is 0 Å². The maximum absolute atomic E-state index is 5.94. The van der Waals surface area contributed by atoms with Crippen molar-refractivity contribution in [3.05, 3.63) is 16.8 Å². The number of hydrogen-bond donors (Lipinski definition) is 2. The van der Waals surface area contributed by atoms with E-state index in [9.17, 15) is 0 Å². The number of aryl methyl sites for hydroxylation is 1. The summed E-state index contributed by atoms with van der Waals surface area (Å²) < 4.78 is 0. The first-order valence-electron chi connectivity index (χ1n) is 7.19. The summed E-state index contributed by atoms with van der Waals surface area (Å²) in [6, 6.07) is 0.438. The summed E-state index contributed by atoms with van der Waals surface area (Å²) in [5.74, 6) is 3.12. The van der Waals surface area contributed by atoms with Gasteiger partial charge in [-0.15, -0.1) is 5.10 Å². The monoisotopic (exact) mass is 310 g/mol. The van der Waals surface area contributed by atoms with Crippen LogP contribution in [-0.2, 0) is 12.8 Å². The highest BCUT2D eigenvalue weighted by molar-refractivity contribution is 7.99. The van der Waals surface area contributed by atoms with Crippen molar-refractivity contribution in [1.29, 1.82) is 0 Å². The molecule has 1 aromatic heterocycles. The minimum absolute atomic E-state index is 0.414. The van der Waals surface area contributed by atoms with Crippen LogP contribution in [0.25, 0.3) is 0 Å². The topological polar surface area (TPSA) is 63.8 Å². The third-order valence-corrected chi connectivity index (χ3v) is 5.01. The van der Waals surface area contributed by atoms with Crippen molar-refractivity contribution in [3.63, 3.8) is 0 Å². The third kappa shape index (κ3) is 3.41. The Labute approximate surface area is 130 Å². The van der Waals surface area contributed by atoms with Gasteiger partial charge in [-0.25, -0.2) is 0 Å². The van der Waals surface area contributed by atoms with Gasteiger partial charge in [0.1, 0.15) is 4.99 Å². The summed E-state index contributed by atoms with van der Waals surface area (Å²) >= 11 is 7.22. The summed E-state index contributed by atoms with van der Waals surface area (Å²) in [6.45, 7) is 4.19. The molecule has 1 saturated heterocycles. The van der Waals surface area contributed by atoms with E-state index in [0.717, 1.165) is 41.2 Å². The van der Waals surface area contributed by atoms with E-state index in [2.05, 4.69) is 29.4 Å². The van der Waals surface area contributed by atoms with Gasteiger partial charge in [0.05, 0.1) is 11.3 Å². The Kier molecular flexibility index (Phi) is 5.60. The number of rotatable bonds is 5. The van der Waals surface area contributed by atoms with Gasteiger partial charge in [-0.05, 0) is 37.0 Å². The molecule has 1 unspecified atom stereocenters. The highest BCUT2D eigenvalue weighted by atomic mass is 32.2. The molecule has 2 rings (SSSR count). The molecule has 0 amide bonds. The first-order valence-corrected chi connectivity index (χ1v) is 8.76. The van der Waals surface area contributed by atoms with Crippen molar-refractivity contribution in [1.82, 2.24) is 10.2 Å². The molecule has 1 aliphatic heterocycles. The molecule has 1 fully saturated rings. The lowest BCUT2D eigenvalue weighted by molar-refractivity contribution is 0.678. The van der Waals surface area contributed by atoms with Crippen LogP contribution >= 0.6 is 24.0 Å². The van der Waals surface area contributed by atoms with Gasteiger partial charge in [-0.3, -0.25) is 0 Å². The summed E-state index contributed by atoms with van der Waals surface area (Å²) in [7, 11) is 0. The molecule has 3 N–H and O–H groups in total. The molecule has 2 heterocycles. The Bertz CT molecular complexity index is 484. The predicted molar refractivity (Wildman–Crippen MR) is 90.6 cm³/mol. The van der Waals surface area contributed by atoms with Gasteiger partial charge in [0.2, 0.25) is 0 Å². The highest BCUT2D eigenvalue weighted by Crippen LogP contribution is 2.25. The largest absolute Gasteiger partial charge is 0.389 e. The first kappa shape index (κ1) is 15.5. The van der Waals surface area contributed by atoms with E-state index in [1.807, 2.05) is 11.8 Å². The van der Waals surface area contributed by atoms with Crippen LogP contribution in [0.15, 0.2) is 0 Å². The second kappa shape index (κ2) is 7.22. The lowest BCUT2D eigenvalue weighted by Crippen LogP contribution is -2.29. The second-order valence-corrected chi connectivity index (χ2v) is 6.57. The van der Waals surface area contributed by atoms with Crippen molar-refractivity contribution in [3.8, 4) is 0 Å². The molecule has 0 bridgehead atoms. The van der Waals surface area contributed by atoms with Crippen molar-refractivity contribution < 1.29 is 0 Å². The lowest BCUT2D eigenvalue weighted by atomic mass is 10.0. The first-order chi connectivity index (χ1) is 9.67. The van der Waals surface area contributed by atoms with Crippen LogP contribution in [-0.4, -0.2) is 32.7 Å². The Morgan fingerprint density at radius 2 is 2.20 bits per heavy atom. The van der Waals surface area contributed by atoms with Gasteiger partial charge in [-0.1, -0.05) is 26.1 Å². The second-order valence-electron chi connectivity index (χ2n) is 4.98. The number of thiocarbonyl (C=S) groups is 1. The van der Waals surface area contributed by atoms with Crippen LogP contribution in [0.1, 0.15) is 43.5 Å². The molecular weight excluding hydrogens is 288 g/mol.